The van der Waals surface area contributed by atoms with Crippen molar-refractivity contribution in [2.45, 2.75) is 13.1 Å². The number of ether oxygens (including phenoxy) is 1. The number of nitro benzene ring substituents is 1. The van der Waals surface area contributed by atoms with E-state index in [9.17, 15) is 23.3 Å². The van der Waals surface area contributed by atoms with Crippen LogP contribution in [0.5, 0.6) is 5.75 Å². The molecule has 1 rings (SSSR count). The minimum absolute atomic E-state index is 0.127. The molecule has 8 heteroatoms. The van der Waals surface area contributed by atoms with Crippen molar-refractivity contribution in [3.05, 3.63) is 28.3 Å². The fraction of sp³-hybridized carbons (Fsp3) is 0.400. The number of hydrogen-bond donors (Lipinski definition) is 1. The first-order chi connectivity index (χ1) is 8.35. The van der Waals surface area contributed by atoms with E-state index in [1.54, 1.807) is 6.92 Å². The summed E-state index contributed by atoms with van der Waals surface area (Å²) in [5.41, 5.74) is -0.370. The van der Waals surface area contributed by atoms with E-state index in [1.807, 2.05) is 0 Å². The number of para-hydroxylation sites is 1. The fourth-order valence-corrected chi connectivity index (χ4v) is 1.32. The highest BCUT2D eigenvalue weighted by molar-refractivity contribution is 5.68. The second kappa shape index (κ2) is 5.56. The van der Waals surface area contributed by atoms with Crippen LogP contribution in [-0.2, 0) is 0 Å². The number of hydrogen-bond acceptors (Lipinski definition) is 4. The summed E-state index contributed by atoms with van der Waals surface area (Å²) in [6.45, 7) is 0.556. The minimum atomic E-state index is -4.54. The van der Waals surface area contributed by atoms with E-state index in [-0.39, 0.29) is 5.69 Å². The number of nitrogens with one attached hydrogen (secondary N) is 1. The summed E-state index contributed by atoms with van der Waals surface area (Å²) in [5, 5.41) is 13.5. The maximum atomic E-state index is 12.0. The van der Waals surface area contributed by atoms with Crippen molar-refractivity contribution >= 4 is 11.4 Å². The van der Waals surface area contributed by atoms with Crippen LogP contribution in [0.25, 0.3) is 0 Å². The van der Waals surface area contributed by atoms with Gasteiger partial charge in [-0.3, -0.25) is 10.1 Å². The first-order valence-corrected chi connectivity index (χ1v) is 5.06. The Bertz CT molecular complexity index is 435. The SMILES string of the molecule is CCNc1cccc(OCC(F)(F)F)c1[N+](=O)[O-]. The van der Waals surface area contributed by atoms with E-state index >= 15 is 0 Å². The van der Waals surface area contributed by atoms with Crippen LogP contribution >= 0.6 is 0 Å². The first kappa shape index (κ1) is 14.1. The van der Waals surface area contributed by atoms with Gasteiger partial charge in [-0.05, 0) is 19.1 Å². The van der Waals surface area contributed by atoms with E-state index in [0.717, 1.165) is 6.07 Å². The second-order valence-corrected chi connectivity index (χ2v) is 3.34. The molecular weight excluding hydrogens is 253 g/mol. The molecular formula is C10H11F3N2O3. The van der Waals surface area contributed by atoms with Crippen LogP contribution in [0.2, 0.25) is 0 Å². The molecule has 0 heterocycles. The highest BCUT2D eigenvalue weighted by Crippen LogP contribution is 2.35. The molecule has 0 aromatic heterocycles. The average molecular weight is 264 g/mol. The minimum Gasteiger partial charge on any atom is -0.477 e. The number of nitrogens with zero attached hydrogens (tertiary/aromatic N) is 1. The highest BCUT2D eigenvalue weighted by Gasteiger charge is 2.30. The van der Waals surface area contributed by atoms with E-state index in [1.165, 1.54) is 12.1 Å². The summed E-state index contributed by atoms with van der Waals surface area (Å²) in [4.78, 5) is 10.1. The van der Waals surface area contributed by atoms with Crippen LogP contribution < -0.4 is 10.1 Å². The third-order valence-corrected chi connectivity index (χ3v) is 1.94. The Balaban J connectivity index is 3.03. The molecule has 18 heavy (non-hydrogen) atoms. The summed E-state index contributed by atoms with van der Waals surface area (Å²) >= 11 is 0. The molecule has 5 nitrogen and oxygen atoms in total. The molecule has 1 aromatic rings. The zero-order valence-corrected chi connectivity index (χ0v) is 9.45. The van der Waals surface area contributed by atoms with Crippen molar-refractivity contribution in [1.29, 1.82) is 0 Å². The normalized spacial score (nSPS) is 11.1. The van der Waals surface area contributed by atoms with Gasteiger partial charge >= 0.3 is 11.9 Å². The molecule has 0 bridgehead atoms. The van der Waals surface area contributed by atoms with Gasteiger partial charge in [-0.1, -0.05) is 6.07 Å². The summed E-state index contributed by atoms with van der Waals surface area (Å²) in [7, 11) is 0. The Morgan fingerprint density at radius 1 is 1.44 bits per heavy atom. The third kappa shape index (κ3) is 3.79. The molecule has 0 radical (unpaired) electrons. The average Bonchev–Trinajstić information content (AvgIpc) is 2.25. The highest BCUT2D eigenvalue weighted by atomic mass is 19.4. The van der Waals surface area contributed by atoms with E-state index in [4.69, 9.17) is 0 Å². The molecule has 0 saturated carbocycles. The standard InChI is InChI=1S/C10H11F3N2O3/c1-2-14-7-4-3-5-8(9(7)15(16)17)18-6-10(11,12)13/h3-5,14H,2,6H2,1H3. The molecule has 1 aromatic carbocycles. The third-order valence-electron chi connectivity index (χ3n) is 1.94. The van der Waals surface area contributed by atoms with Crippen LogP contribution in [0.3, 0.4) is 0 Å². The summed E-state index contributed by atoms with van der Waals surface area (Å²) in [6.07, 6.45) is -4.54. The molecule has 0 aliphatic carbocycles. The predicted octanol–water partition coefficient (Wildman–Crippen LogP) is 2.97. The first-order valence-electron chi connectivity index (χ1n) is 5.06. The number of alkyl halides is 3. The number of halogens is 3. The van der Waals surface area contributed by atoms with Gasteiger partial charge in [0.15, 0.2) is 12.4 Å². The van der Waals surface area contributed by atoms with Crippen LogP contribution in [-0.4, -0.2) is 24.3 Å². The maximum Gasteiger partial charge on any atom is 0.422 e. The van der Waals surface area contributed by atoms with Crippen LogP contribution in [0.4, 0.5) is 24.5 Å². The van der Waals surface area contributed by atoms with Crippen LogP contribution in [0.1, 0.15) is 6.92 Å². The van der Waals surface area contributed by atoms with Gasteiger partial charge in [0, 0.05) is 6.54 Å². The van der Waals surface area contributed by atoms with Gasteiger partial charge in [-0.25, -0.2) is 0 Å². The van der Waals surface area contributed by atoms with Crippen molar-refractivity contribution in [2.75, 3.05) is 18.5 Å². The predicted molar refractivity (Wildman–Crippen MR) is 58.8 cm³/mol. The van der Waals surface area contributed by atoms with Gasteiger partial charge in [0.2, 0.25) is 0 Å². The van der Waals surface area contributed by atoms with E-state index in [0.29, 0.717) is 6.54 Å². The van der Waals surface area contributed by atoms with Crippen molar-refractivity contribution in [3.63, 3.8) is 0 Å². The largest absolute Gasteiger partial charge is 0.477 e. The quantitative estimate of drug-likeness (QED) is 0.656. The van der Waals surface area contributed by atoms with Crippen LogP contribution in [0, 0.1) is 10.1 Å². The molecule has 0 saturated heterocycles. The lowest BCUT2D eigenvalue weighted by atomic mass is 10.2. The Morgan fingerprint density at radius 3 is 2.61 bits per heavy atom. The summed E-state index contributed by atoms with van der Waals surface area (Å²) in [6, 6.07) is 3.92. The summed E-state index contributed by atoms with van der Waals surface area (Å²) in [5.74, 6) is -0.407. The topological polar surface area (TPSA) is 64.4 Å². The van der Waals surface area contributed by atoms with Crippen molar-refractivity contribution in [3.8, 4) is 5.75 Å². The number of anilines is 1. The zero-order chi connectivity index (χ0) is 13.8. The number of nitro groups is 1. The molecule has 0 aliphatic rings. The van der Waals surface area contributed by atoms with Crippen molar-refractivity contribution < 1.29 is 22.8 Å². The number of benzene rings is 1. The monoisotopic (exact) mass is 264 g/mol. The molecule has 100 valence electrons. The molecule has 0 spiro atoms. The maximum absolute atomic E-state index is 12.0. The van der Waals surface area contributed by atoms with Crippen molar-refractivity contribution in [1.82, 2.24) is 0 Å². The van der Waals surface area contributed by atoms with E-state index < -0.39 is 29.1 Å². The van der Waals surface area contributed by atoms with Gasteiger partial charge in [0.25, 0.3) is 0 Å². The van der Waals surface area contributed by atoms with Gasteiger partial charge < -0.3 is 10.1 Å². The Kier molecular flexibility index (Phi) is 4.35. The van der Waals surface area contributed by atoms with Gasteiger partial charge in [0.05, 0.1) is 4.92 Å². The Hall–Kier alpha value is -1.99. The molecule has 0 aliphatic heterocycles. The lowest BCUT2D eigenvalue weighted by Gasteiger charge is -2.11. The molecule has 0 fully saturated rings. The number of rotatable bonds is 5. The van der Waals surface area contributed by atoms with Gasteiger partial charge in [-0.15, -0.1) is 0 Å². The van der Waals surface area contributed by atoms with Gasteiger partial charge in [-0.2, -0.15) is 13.2 Å². The van der Waals surface area contributed by atoms with Gasteiger partial charge in [0.1, 0.15) is 5.69 Å². The second-order valence-electron chi connectivity index (χ2n) is 3.34. The smallest absolute Gasteiger partial charge is 0.422 e. The molecule has 0 unspecified atom stereocenters. The van der Waals surface area contributed by atoms with Crippen molar-refractivity contribution in [2.24, 2.45) is 0 Å². The molecule has 0 atom stereocenters. The van der Waals surface area contributed by atoms with E-state index in [2.05, 4.69) is 10.1 Å². The van der Waals surface area contributed by atoms with Crippen LogP contribution in [0.15, 0.2) is 18.2 Å². The fourth-order valence-electron chi connectivity index (χ4n) is 1.32. The molecule has 0 amide bonds. The zero-order valence-electron chi connectivity index (χ0n) is 9.45. The lowest BCUT2D eigenvalue weighted by Crippen LogP contribution is -2.19. The Labute approximate surface area is 101 Å². The lowest BCUT2D eigenvalue weighted by molar-refractivity contribution is -0.385. The molecule has 1 N–H and O–H groups in total. The summed E-state index contributed by atoms with van der Waals surface area (Å²) < 4.78 is 40.5. The Morgan fingerprint density at radius 2 is 2.11 bits per heavy atom.